The first-order chi connectivity index (χ1) is 8.20. The number of hydrogen-bond acceptors (Lipinski definition) is 5. The van der Waals surface area contributed by atoms with E-state index in [4.69, 9.17) is 4.52 Å². The Morgan fingerprint density at radius 3 is 3.00 bits per heavy atom. The van der Waals surface area contributed by atoms with Gasteiger partial charge in [0.1, 0.15) is 0 Å². The summed E-state index contributed by atoms with van der Waals surface area (Å²) in [7, 11) is 1.86. The first kappa shape index (κ1) is 11.8. The lowest BCUT2D eigenvalue weighted by atomic mass is 10.2. The second-order valence-electron chi connectivity index (χ2n) is 4.07. The molecule has 2 aromatic heterocycles. The molecule has 0 amide bonds. The van der Waals surface area contributed by atoms with Crippen LogP contribution in [0.4, 0.5) is 0 Å². The van der Waals surface area contributed by atoms with Crippen molar-refractivity contribution in [2.75, 3.05) is 13.1 Å². The molecule has 0 aliphatic heterocycles. The Bertz CT molecular complexity index is 476. The van der Waals surface area contributed by atoms with Crippen LogP contribution in [0.1, 0.15) is 25.7 Å². The van der Waals surface area contributed by atoms with Crippen LogP contribution in [0.3, 0.4) is 0 Å². The Morgan fingerprint density at radius 2 is 2.35 bits per heavy atom. The van der Waals surface area contributed by atoms with Gasteiger partial charge in [-0.2, -0.15) is 10.1 Å². The van der Waals surface area contributed by atoms with E-state index in [1.165, 1.54) is 0 Å². The molecule has 0 bridgehead atoms. The Kier molecular flexibility index (Phi) is 3.53. The molecule has 0 fully saturated rings. The average molecular weight is 235 g/mol. The first-order valence-electron chi connectivity index (χ1n) is 5.74. The maximum absolute atomic E-state index is 5.25. The predicted octanol–water partition coefficient (Wildman–Crippen LogP) is 1.18. The molecule has 1 N–H and O–H groups in total. The molecular formula is C11H17N5O. The highest BCUT2D eigenvalue weighted by molar-refractivity contribution is 5.51. The molecule has 92 valence electrons. The highest BCUT2D eigenvalue weighted by atomic mass is 16.5. The number of nitrogens with zero attached hydrogens (tertiary/aromatic N) is 4. The molecule has 1 unspecified atom stereocenters. The Labute approximate surface area is 100 Å². The number of aromatic nitrogens is 4. The lowest BCUT2D eigenvalue weighted by Crippen LogP contribution is -2.19. The Balaban J connectivity index is 2.10. The highest BCUT2D eigenvalue weighted by Crippen LogP contribution is 2.18. The average Bonchev–Trinajstić information content (AvgIpc) is 2.93. The molecule has 6 heteroatoms. The van der Waals surface area contributed by atoms with Gasteiger partial charge in [-0.1, -0.05) is 19.0 Å². The van der Waals surface area contributed by atoms with Gasteiger partial charge < -0.3 is 9.84 Å². The van der Waals surface area contributed by atoms with Crippen molar-refractivity contribution in [3.8, 4) is 11.4 Å². The molecule has 0 aromatic carbocycles. The van der Waals surface area contributed by atoms with Crippen LogP contribution in [0.25, 0.3) is 11.4 Å². The molecule has 0 spiro atoms. The molecule has 0 radical (unpaired) electrons. The van der Waals surface area contributed by atoms with Crippen LogP contribution in [-0.4, -0.2) is 33.0 Å². The summed E-state index contributed by atoms with van der Waals surface area (Å²) in [6.07, 6.45) is 3.59. The summed E-state index contributed by atoms with van der Waals surface area (Å²) in [6, 6.07) is 0. The van der Waals surface area contributed by atoms with E-state index in [0.717, 1.165) is 18.7 Å². The van der Waals surface area contributed by atoms with E-state index in [-0.39, 0.29) is 5.92 Å². The monoisotopic (exact) mass is 235 g/mol. The van der Waals surface area contributed by atoms with Crippen molar-refractivity contribution in [1.82, 2.24) is 25.2 Å². The van der Waals surface area contributed by atoms with Gasteiger partial charge in [0.15, 0.2) is 0 Å². The highest BCUT2D eigenvalue weighted by Gasteiger charge is 2.15. The Hall–Kier alpha value is -1.69. The second-order valence-corrected chi connectivity index (χ2v) is 4.07. The number of likely N-dealkylation sites (N-methyl/N-ethyl adjacent to an activating group) is 1. The summed E-state index contributed by atoms with van der Waals surface area (Å²) in [5, 5.41) is 11.3. The van der Waals surface area contributed by atoms with E-state index in [2.05, 4.69) is 34.4 Å². The van der Waals surface area contributed by atoms with Gasteiger partial charge in [0, 0.05) is 25.7 Å². The molecular weight excluding hydrogens is 218 g/mol. The fourth-order valence-corrected chi connectivity index (χ4v) is 1.54. The van der Waals surface area contributed by atoms with E-state index < -0.39 is 0 Å². The van der Waals surface area contributed by atoms with E-state index in [0.29, 0.717) is 11.7 Å². The fraction of sp³-hybridized carbons (Fsp3) is 0.545. The van der Waals surface area contributed by atoms with Gasteiger partial charge >= 0.3 is 0 Å². The van der Waals surface area contributed by atoms with Crippen LogP contribution in [0, 0.1) is 0 Å². The normalized spacial score (nSPS) is 12.9. The molecule has 2 aromatic rings. The molecule has 0 aliphatic rings. The molecule has 1 atom stereocenters. The van der Waals surface area contributed by atoms with Crippen molar-refractivity contribution in [2.45, 2.75) is 19.8 Å². The zero-order chi connectivity index (χ0) is 12.3. The topological polar surface area (TPSA) is 68.8 Å². The van der Waals surface area contributed by atoms with E-state index >= 15 is 0 Å². The lowest BCUT2D eigenvalue weighted by molar-refractivity contribution is 0.355. The SMILES string of the molecule is CCNCC(C)c1nc(-c2cnn(C)c2)no1. The third kappa shape index (κ3) is 2.71. The molecule has 2 rings (SSSR count). The van der Waals surface area contributed by atoms with Crippen LogP contribution in [0.2, 0.25) is 0 Å². The molecule has 17 heavy (non-hydrogen) atoms. The molecule has 2 heterocycles. The van der Waals surface area contributed by atoms with Crippen molar-refractivity contribution in [3.05, 3.63) is 18.3 Å². The minimum atomic E-state index is 0.216. The van der Waals surface area contributed by atoms with Gasteiger partial charge in [-0.05, 0) is 6.54 Å². The maximum atomic E-state index is 5.25. The quantitative estimate of drug-likeness (QED) is 0.842. The lowest BCUT2D eigenvalue weighted by Gasteiger charge is -2.05. The van der Waals surface area contributed by atoms with Crippen molar-refractivity contribution in [1.29, 1.82) is 0 Å². The minimum Gasteiger partial charge on any atom is -0.339 e. The van der Waals surface area contributed by atoms with Crippen LogP contribution < -0.4 is 5.32 Å². The second kappa shape index (κ2) is 5.09. The van der Waals surface area contributed by atoms with Crippen LogP contribution in [-0.2, 0) is 7.05 Å². The number of aryl methyl sites for hydroxylation is 1. The van der Waals surface area contributed by atoms with Crippen molar-refractivity contribution < 1.29 is 4.52 Å². The van der Waals surface area contributed by atoms with Gasteiger partial charge in [-0.25, -0.2) is 0 Å². The molecule has 0 saturated carbocycles. The third-order valence-electron chi connectivity index (χ3n) is 2.53. The van der Waals surface area contributed by atoms with Gasteiger partial charge in [-0.15, -0.1) is 0 Å². The van der Waals surface area contributed by atoms with Crippen LogP contribution >= 0.6 is 0 Å². The zero-order valence-electron chi connectivity index (χ0n) is 10.3. The summed E-state index contributed by atoms with van der Waals surface area (Å²) in [6.45, 7) is 5.91. The summed E-state index contributed by atoms with van der Waals surface area (Å²) in [5.41, 5.74) is 0.873. The van der Waals surface area contributed by atoms with Crippen molar-refractivity contribution in [3.63, 3.8) is 0 Å². The van der Waals surface area contributed by atoms with Gasteiger partial charge in [0.25, 0.3) is 0 Å². The molecule has 6 nitrogen and oxygen atoms in total. The number of nitrogens with one attached hydrogen (secondary N) is 1. The van der Waals surface area contributed by atoms with E-state index in [1.54, 1.807) is 10.9 Å². The van der Waals surface area contributed by atoms with Crippen molar-refractivity contribution >= 4 is 0 Å². The number of rotatable bonds is 5. The summed E-state index contributed by atoms with van der Waals surface area (Å²) in [4.78, 5) is 4.38. The first-order valence-corrected chi connectivity index (χ1v) is 5.74. The fourth-order valence-electron chi connectivity index (χ4n) is 1.54. The minimum absolute atomic E-state index is 0.216. The van der Waals surface area contributed by atoms with Crippen LogP contribution in [0.5, 0.6) is 0 Å². The zero-order valence-corrected chi connectivity index (χ0v) is 10.3. The largest absolute Gasteiger partial charge is 0.339 e. The predicted molar refractivity (Wildman–Crippen MR) is 63.5 cm³/mol. The van der Waals surface area contributed by atoms with E-state index in [9.17, 15) is 0 Å². The molecule has 0 saturated heterocycles. The summed E-state index contributed by atoms with van der Waals surface area (Å²) >= 11 is 0. The van der Waals surface area contributed by atoms with Crippen molar-refractivity contribution in [2.24, 2.45) is 7.05 Å². The van der Waals surface area contributed by atoms with Gasteiger partial charge in [0.2, 0.25) is 11.7 Å². The molecule has 0 aliphatic carbocycles. The standard InChI is InChI=1S/C11H17N5O/c1-4-12-5-8(2)11-14-10(15-17-11)9-6-13-16(3)7-9/h6-8,12H,4-5H2,1-3H3. The van der Waals surface area contributed by atoms with Gasteiger partial charge in [0.05, 0.1) is 11.8 Å². The summed E-state index contributed by atoms with van der Waals surface area (Å²) in [5.74, 6) is 1.47. The number of hydrogen-bond donors (Lipinski definition) is 1. The Morgan fingerprint density at radius 1 is 1.53 bits per heavy atom. The van der Waals surface area contributed by atoms with Gasteiger partial charge in [-0.3, -0.25) is 4.68 Å². The van der Waals surface area contributed by atoms with E-state index in [1.807, 2.05) is 13.2 Å². The summed E-state index contributed by atoms with van der Waals surface area (Å²) < 4.78 is 6.96. The van der Waals surface area contributed by atoms with Crippen LogP contribution in [0.15, 0.2) is 16.9 Å². The smallest absolute Gasteiger partial charge is 0.231 e. The third-order valence-corrected chi connectivity index (χ3v) is 2.53. The maximum Gasteiger partial charge on any atom is 0.231 e.